The number of fused-ring (bicyclic) bond motifs is 1. The van der Waals surface area contributed by atoms with Crippen molar-refractivity contribution in [2.24, 2.45) is 0 Å². The minimum Gasteiger partial charge on any atom is -0.375 e. The number of anilines is 1. The minimum absolute atomic E-state index is 0.0214. The summed E-state index contributed by atoms with van der Waals surface area (Å²) in [6.07, 6.45) is 0.633. The van der Waals surface area contributed by atoms with Crippen molar-refractivity contribution >= 4 is 22.8 Å². The number of hydrogen-bond donors (Lipinski definition) is 0. The Bertz CT molecular complexity index is 1330. The zero-order chi connectivity index (χ0) is 24.4. The molecule has 0 saturated carbocycles. The summed E-state index contributed by atoms with van der Waals surface area (Å²) in [5, 5.41) is 5.81. The molecule has 4 aromatic rings. The molecule has 2 aromatic carbocycles. The summed E-state index contributed by atoms with van der Waals surface area (Å²) in [7, 11) is 1.55. The Morgan fingerprint density at radius 1 is 0.943 bits per heavy atom. The number of aromatic nitrogens is 4. The van der Waals surface area contributed by atoms with Crippen LogP contribution >= 0.6 is 0 Å². The summed E-state index contributed by atoms with van der Waals surface area (Å²) in [4.78, 5) is 26.4. The fourth-order valence-electron chi connectivity index (χ4n) is 4.53. The van der Waals surface area contributed by atoms with E-state index in [0.29, 0.717) is 32.6 Å². The normalized spacial score (nSPS) is 14.0. The fraction of sp³-hybridized carbons (Fsp3) is 0.333. The number of hydrogen-bond acceptors (Lipinski definition) is 6. The van der Waals surface area contributed by atoms with E-state index in [1.165, 1.54) is 11.1 Å². The third-order valence-electron chi connectivity index (χ3n) is 6.41. The topological polar surface area (TPSA) is 76.4 Å². The molecule has 0 atom stereocenters. The Hall–Kier alpha value is -3.78. The lowest BCUT2D eigenvalue weighted by Crippen LogP contribution is -2.50. The molecule has 1 saturated heterocycles. The number of rotatable bonds is 6. The van der Waals surface area contributed by atoms with Gasteiger partial charge in [0, 0.05) is 39.7 Å². The molecule has 1 aliphatic rings. The standard InChI is InChI=1S/C27H30N6O2/c1-19-9-11-21(12-10-19)17-23-28-26(32-15-13-31(14-16-32)24(34)18-35-3)25-20(2)30-33(27(25)29-23)22-7-5-4-6-8-22/h4-12H,13-18H2,1-3H3. The highest BCUT2D eigenvalue weighted by atomic mass is 16.5. The predicted octanol–water partition coefficient (Wildman–Crippen LogP) is 3.32. The molecular weight excluding hydrogens is 440 g/mol. The molecule has 1 aliphatic heterocycles. The van der Waals surface area contributed by atoms with Crippen LogP contribution in [0.15, 0.2) is 54.6 Å². The maximum Gasteiger partial charge on any atom is 0.248 e. The van der Waals surface area contributed by atoms with Crippen molar-refractivity contribution in [1.29, 1.82) is 0 Å². The number of amides is 1. The molecule has 0 radical (unpaired) electrons. The number of methoxy groups -OCH3 is 1. The van der Waals surface area contributed by atoms with Gasteiger partial charge in [-0.2, -0.15) is 5.10 Å². The highest BCUT2D eigenvalue weighted by Gasteiger charge is 2.26. The summed E-state index contributed by atoms with van der Waals surface area (Å²) in [5.74, 6) is 1.66. The largest absolute Gasteiger partial charge is 0.375 e. The average Bonchev–Trinajstić information content (AvgIpc) is 3.22. The van der Waals surface area contributed by atoms with E-state index in [2.05, 4.69) is 36.1 Å². The average molecular weight is 471 g/mol. The van der Waals surface area contributed by atoms with Gasteiger partial charge < -0.3 is 14.5 Å². The van der Waals surface area contributed by atoms with E-state index >= 15 is 0 Å². The van der Waals surface area contributed by atoms with Crippen molar-refractivity contribution < 1.29 is 9.53 Å². The highest BCUT2D eigenvalue weighted by Crippen LogP contribution is 2.30. The second-order valence-electron chi connectivity index (χ2n) is 8.96. The van der Waals surface area contributed by atoms with Gasteiger partial charge in [-0.05, 0) is 31.5 Å². The molecular formula is C27H30N6O2. The van der Waals surface area contributed by atoms with Crippen molar-refractivity contribution in [3.8, 4) is 5.69 Å². The van der Waals surface area contributed by atoms with Gasteiger partial charge in [0.1, 0.15) is 18.2 Å². The molecule has 180 valence electrons. The SMILES string of the molecule is COCC(=O)N1CCN(c2nc(Cc3ccc(C)cc3)nc3c2c(C)nn3-c2ccccc2)CC1. The predicted molar refractivity (Wildman–Crippen MR) is 136 cm³/mol. The third kappa shape index (κ3) is 4.74. The van der Waals surface area contributed by atoms with Crippen LogP contribution in [0.2, 0.25) is 0 Å². The van der Waals surface area contributed by atoms with E-state index in [4.69, 9.17) is 19.8 Å². The molecule has 0 bridgehead atoms. The molecule has 8 heteroatoms. The van der Waals surface area contributed by atoms with Crippen LogP contribution in [-0.4, -0.2) is 70.5 Å². The van der Waals surface area contributed by atoms with Crippen LogP contribution < -0.4 is 4.90 Å². The Morgan fingerprint density at radius 2 is 1.66 bits per heavy atom. The monoisotopic (exact) mass is 470 g/mol. The van der Waals surface area contributed by atoms with Gasteiger partial charge in [-0.3, -0.25) is 4.79 Å². The third-order valence-corrected chi connectivity index (χ3v) is 6.41. The fourth-order valence-corrected chi connectivity index (χ4v) is 4.53. The van der Waals surface area contributed by atoms with Crippen molar-refractivity contribution in [2.45, 2.75) is 20.3 Å². The number of para-hydroxylation sites is 1. The molecule has 35 heavy (non-hydrogen) atoms. The zero-order valence-electron chi connectivity index (χ0n) is 20.4. The van der Waals surface area contributed by atoms with E-state index in [1.807, 2.05) is 46.8 Å². The van der Waals surface area contributed by atoms with Gasteiger partial charge in [-0.15, -0.1) is 0 Å². The van der Waals surface area contributed by atoms with Gasteiger partial charge in [-0.25, -0.2) is 14.6 Å². The van der Waals surface area contributed by atoms with Gasteiger partial charge in [0.2, 0.25) is 5.91 Å². The van der Waals surface area contributed by atoms with Crippen LogP contribution in [-0.2, 0) is 16.0 Å². The van der Waals surface area contributed by atoms with Crippen molar-refractivity contribution in [3.63, 3.8) is 0 Å². The number of piperazine rings is 1. The molecule has 0 aliphatic carbocycles. The smallest absolute Gasteiger partial charge is 0.248 e. The maximum atomic E-state index is 12.3. The second kappa shape index (κ2) is 9.84. The summed E-state index contributed by atoms with van der Waals surface area (Å²) in [6, 6.07) is 18.6. The molecule has 2 aromatic heterocycles. The van der Waals surface area contributed by atoms with Crippen LogP contribution in [0.25, 0.3) is 16.7 Å². The summed E-state index contributed by atoms with van der Waals surface area (Å²) in [6.45, 7) is 6.86. The first kappa shape index (κ1) is 23.0. The lowest BCUT2D eigenvalue weighted by molar-refractivity contribution is -0.135. The second-order valence-corrected chi connectivity index (χ2v) is 8.96. The zero-order valence-corrected chi connectivity index (χ0v) is 20.4. The lowest BCUT2D eigenvalue weighted by Gasteiger charge is -2.35. The highest BCUT2D eigenvalue weighted by molar-refractivity contribution is 5.91. The first-order valence-electron chi connectivity index (χ1n) is 11.9. The molecule has 0 N–H and O–H groups in total. The van der Waals surface area contributed by atoms with Crippen LogP contribution in [0.1, 0.15) is 22.6 Å². The molecule has 1 fully saturated rings. The molecule has 1 amide bonds. The molecule has 3 heterocycles. The first-order chi connectivity index (χ1) is 17.0. The number of carbonyl (C=O) groups excluding carboxylic acids is 1. The number of benzene rings is 2. The van der Waals surface area contributed by atoms with E-state index in [0.717, 1.165) is 34.1 Å². The van der Waals surface area contributed by atoms with Crippen LogP contribution in [0.4, 0.5) is 5.82 Å². The number of aryl methyl sites for hydroxylation is 2. The number of ether oxygens (including phenoxy) is 1. The van der Waals surface area contributed by atoms with E-state index in [1.54, 1.807) is 7.11 Å². The Morgan fingerprint density at radius 3 is 2.34 bits per heavy atom. The lowest BCUT2D eigenvalue weighted by atomic mass is 10.1. The Labute approximate surface area is 205 Å². The summed E-state index contributed by atoms with van der Waals surface area (Å²) >= 11 is 0. The van der Waals surface area contributed by atoms with Crippen molar-refractivity contribution in [2.75, 3.05) is 44.8 Å². The number of carbonyl (C=O) groups is 1. The van der Waals surface area contributed by atoms with Crippen LogP contribution in [0.3, 0.4) is 0 Å². The number of nitrogens with zero attached hydrogens (tertiary/aromatic N) is 6. The molecule has 8 nitrogen and oxygen atoms in total. The van der Waals surface area contributed by atoms with E-state index < -0.39 is 0 Å². The van der Waals surface area contributed by atoms with Gasteiger partial charge >= 0.3 is 0 Å². The van der Waals surface area contributed by atoms with Gasteiger partial charge in [0.15, 0.2) is 5.65 Å². The maximum absolute atomic E-state index is 12.3. The van der Waals surface area contributed by atoms with Gasteiger partial charge in [0.05, 0.1) is 16.8 Å². The minimum atomic E-state index is 0.0214. The van der Waals surface area contributed by atoms with Crippen molar-refractivity contribution in [3.05, 3.63) is 77.2 Å². The van der Waals surface area contributed by atoms with Crippen LogP contribution in [0, 0.1) is 13.8 Å². The van der Waals surface area contributed by atoms with Crippen molar-refractivity contribution in [1.82, 2.24) is 24.6 Å². The first-order valence-corrected chi connectivity index (χ1v) is 11.9. The quantitative estimate of drug-likeness (QED) is 0.430. The Kier molecular flexibility index (Phi) is 6.46. The van der Waals surface area contributed by atoms with Gasteiger partial charge in [0.25, 0.3) is 0 Å². The van der Waals surface area contributed by atoms with E-state index in [9.17, 15) is 4.79 Å². The molecule has 0 unspecified atom stereocenters. The summed E-state index contributed by atoms with van der Waals surface area (Å²) < 4.78 is 6.94. The summed E-state index contributed by atoms with van der Waals surface area (Å²) in [5.41, 5.74) is 5.05. The van der Waals surface area contributed by atoms with Crippen LogP contribution in [0.5, 0.6) is 0 Å². The van der Waals surface area contributed by atoms with E-state index in [-0.39, 0.29) is 12.5 Å². The van der Waals surface area contributed by atoms with Gasteiger partial charge in [-0.1, -0.05) is 48.0 Å². The molecule has 0 spiro atoms. The molecule has 5 rings (SSSR count). The Balaban J connectivity index is 1.56.